The lowest BCUT2D eigenvalue weighted by Crippen LogP contribution is -2.08. The highest BCUT2D eigenvalue weighted by Gasteiger charge is 2.12. The lowest BCUT2D eigenvalue weighted by molar-refractivity contribution is -0.111. The van der Waals surface area contributed by atoms with Crippen LogP contribution >= 0.6 is 0 Å². The molecular weight excluding hydrogens is 330 g/mol. The highest BCUT2D eigenvalue weighted by Crippen LogP contribution is 2.35. The van der Waals surface area contributed by atoms with Crippen molar-refractivity contribution >= 4 is 17.7 Å². The third kappa shape index (κ3) is 3.82. The van der Waals surface area contributed by atoms with Crippen molar-refractivity contribution in [1.82, 2.24) is 0 Å². The van der Waals surface area contributed by atoms with Crippen molar-refractivity contribution in [2.45, 2.75) is 19.3 Å². The number of hydrogen-bond acceptors (Lipinski definition) is 4. The summed E-state index contributed by atoms with van der Waals surface area (Å²) in [5.41, 5.74) is 4.26. The molecular formula is C21H23NO4. The standard InChI is InChI=1S/C21H23NO4/c1-24-18-13-20(26-3)19(25-2)12-16(18)8-10-21(23)22-17-9-7-14-5-4-6-15(14)11-17/h7-13H,4-6H2,1-3H3,(H,22,23)/b10-8+. The smallest absolute Gasteiger partial charge is 0.248 e. The Morgan fingerprint density at radius 3 is 2.35 bits per heavy atom. The molecule has 2 aromatic rings. The van der Waals surface area contributed by atoms with E-state index in [0.717, 1.165) is 24.1 Å². The number of ether oxygens (including phenoxy) is 3. The van der Waals surface area contributed by atoms with Crippen LogP contribution in [0.2, 0.25) is 0 Å². The second-order valence-corrected chi connectivity index (χ2v) is 6.11. The maximum absolute atomic E-state index is 12.3. The maximum Gasteiger partial charge on any atom is 0.248 e. The highest BCUT2D eigenvalue weighted by atomic mass is 16.5. The fraction of sp³-hybridized carbons (Fsp3) is 0.286. The Hall–Kier alpha value is -2.95. The normalized spacial score (nSPS) is 12.7. The fourth-order valence-electron chi connectivity index (χ4n) is 3.18. The summed E-state index contributed by atoms with van der Waals surface area (Å²) in [6.07, 6.45) is 6.58. The quantitative estimate of drug-likeness (QED) is 0.802. The number of benzene rings is 2. The van der Waals surface area contributed by atoms with Crippen molar-refractivity contribution in [2.75, 3.05) is 26.6 Å². The molecule has 0 saturated carbocycles. The first-order valence-electron chi connectivity index (χ1n) is 8.55. The minimum absolute atomic E-state index is 0.195. The van der Waals surface area contributed by atoms with Gasteiger partial charge in [0.1, 0.15) is 5.75 Å². The Morgan fingerprint density at radius 1 is 0.923 bits per heavy atom. The zero-order valence-electron chi connectivity index (χ0n) is 15.3. The van der Waals surface area contributed by atoms with Gasteiger partial charge >= 0.3 is 0 Å². The van der Waals surface area contributed by atoms with Gasteiger partial charge in [-0.3, -0.25) is 4.79 Å². The van der Waals surface area contributed by atoms with Crippen molar-refractivity contribution < 1.29 is 19.0 Å². The molecule has 0 atom stereocenters. The molecule has 1 N–H and O–H groups in total. The lowest BCUT2D eigenvalue weighted by Gasteiger charge is -2.12. The number of aryl methyl sites for hydroxylation is 2. The summed E-state index contributed by atoms with van der Waals surface area (Å²) in [6.45, 7) is 0. The van der Waals surface area contributed by atoms with Gasteiger partial charge in [-0.1, -0.05) is 6.07 Å². The number of amides is 1. The van der Waals surface area contributed by atoms with E-state index in [1.165, 1.54) is 23.6 Å². The van der Waals surface area contributed by atoms with Crippen LogP contribution in [0.1, 0.15) is 23.1 Å². The Labute approximate surface area is 153 Å². The van der Waals surface area contributed by atoms with Gasteiger partial charge in [-0.25, -0.2) is 0 Å². The van der Waals surface area contributed by atoms with Gasteiger partial charge < -0.3 is 19.5 Å². The molecule has 3 rings (SSSR count). The molecule has 0 aromatic heterocycles. The number of fused-ring (bicyclic) bond motifs is 1. The van der Waals surface area contributed by atoms with Crippen molar-refractivity contribution in [3.05, 3.63) is 53.1 Å². The number of anilines is 1. The van der Waals surface area contributed by atoms with Gasteiger partial charge in [-0.2, -0.15) is 0 Å². The van der Waals surface area contributed by atoms with Crippen LogP contribution in [-0.4, -0.2) is 27.2 Å². The predicted molar refractivity (Wildman–Crippen MR) is 102 cm³/mol. The van der Waals surface area contributed by atoms with E-state index in [-0.39, 0.29) is 5.91 Å². The summed E-state index contributed by atoms with van der Waals surface area (Å²) in [6, 6.07) is 9.62. The molecule has 0 fully saturated rings. The van der Waals surface area contributed by atoms with E-state index >= 15 is 0 Å². The second kappa shape index (κ2) is 7.95. The van der Waals surface area contributed by atoms with Crippen LogP contribution in [0, 0.1) is 0 Å². The highest BCUT2D eigenvalue weighted by molar-refractivity contribution is 6.02. The average molecular weight is 353 g/mol. The summed E-state index contributed by atoms with van der Waals surface area (Å²) in [4.78, 5) is 12.3. The first kappa shape index (κ1) is 17.9. The van der Waals surface area contributed by atoms with Gasteiger partial charge in [-0.15, -0.1) is 0 Å². The van der Waals surface area contributed by atoms with Crippen LogP contribution in [0.5, 0.6) is 17.2 Å². The van der Waals surface area contributed by atoms with Crippen molar-refractivity contribution in [3.8, 4) is 17.2 Å². The molecule has 136 valence electrons. The molecule has 0 spiro atoms. The predicted octanol–water partition coefficient (Wildman–Crippen LogP) is 3.85. The molecule has 0 aliphatic heterocycles. The zero-order valence-corrected chi connectivity index (χ0v) is 15.3. The number of methoxy groups -OCH3 is 3. The number of hydrogen-bond donors (Lipinski definition) is 1. The number of carbonyl (C=O) groups is 1. The third-order valence-corrected chi connectivity index (χ3v) is 4.52. The van der Waals surface area contributed by atoms with Gasteiger partial charge in [0.15, 0.2) is 11.5 Å². The molecule has 1 aliphatic rings. The maximum atomic E-state index is 12.3. The Bertz CT molecular complexity index is 842. The van der Waals surface area contributed by atoms with E-state index in [1.54, 1.807) is 39.5 Å². The molecule has 0 radical (unpaired) electrons. The van der Waals surface area contributed by atoms with E-state index < -0.39 is 0 Å². The van der Waals surface area contributed by atoms with Gasteiger partial charge in [0.25, 0.3) is 0 Å². The number of nitrogens with one attached hydrogen (secondary N) is 1. The molecule has 1 aliphatic carbocycles. The van der Waals surface area contributed by atoms with E-state index in [0.29, 0.717) is 17.2 Å². The second-order valence-electron chi connectivity index (χ2n) is 6.11. The fourth-order valence-corrected chi connectivity index (χ4v) is 3.18. The molecule has 5 heteroatoms. The molecule has 2 aromatic carbocycles. The minimum Gasteiger partial charge on any atom is -0.496 e. The van der Waals surface area contributed by atoms with Crippen LogP contribution in [0.4, 0.5) is 5.69 Å². The average Bonchev–Trinajstić information content (AvgIpc) is 3.13. The third-order valence-electron chi connectivity index (χ3n) is 4.52. The van der Waals surface area contributed by atoms with Crippen LogP contribution in [0.3, 0.4) is 0 Å². The van der Waals surface area contributed by atoms with Gasteiger partial charge in [0.05, 0.1) is 21.3 Å². The molecule has 0 bridgehead atoms. The number of carbonyl (C=O) groups excluding carboxylic acids is 1. The van der Waals surface area contributed by atoms with Gasteiger partial charge in [0, 0.05) is 23.4 Å². The Morgan fingerprint density at radius 2 is 1.62 bits per heavy atom. The molecule has 0 heterocycles. The van der Waals surface area contributed by atoms with Crippen molar-refractivity contribution in [3.63, 3.8) is 0 Å². The molecule has 26 heavy (non-hydrogen) atoms. The van der Waals surface area contributed by atoms with Crippen LogP contribution in [-0.2, 0) is 17.6 Å². The molecule has 0 saturated heterocycles. The van der Waals surface area contributed by atoms with E-state index in [9.17, 15) is 4.79 Å². The van der Waals surface area contributed by atoms with Crippen molar-refractivity contribution in [2.24, 2.45) is 0 Å². The Balaban J connectivity index is 1.75. The van der Waals surface area contributed by atoms with Crippen LogP contribution in [0.25, 0.3) is 6.08 Å². The molecule has 1 amide bonds. The van der Waals surface area contributed by atoms with Crippen LogP contribution in [0.15, 0.2) is 36.4 Å². The lowest BCUT2D eigenvalue weighted by atomic mass is 10.1. The molecule has 5 nitrogen and oxygen atoms in total. The Kier molecular flexibility index (Phi) is 5.46. The zero-order chi connectivity index (χ0) is 18.5. The topological polar surface area (TPSA) is 56.8 Å². The molecule has 0 unspecified atom stereocenters. The summed E-state index contributed by atoms with van der Waals surface area (Å²) >= 11 is 0. The summed E-state index contributed by atoms with van der Waals surface area (Å²) < 4.78 is 15.9. The van der Waals surface area contributed by atoms with E-state index in [2.05, 4.69) is 17.4 Å². The summed E-state index contributed by atoms with van der Waals surface area (Å²) in [5.74, 6) is 1.56. The number of rotatable bonds is 6. The monoisotopic (exact) mass is 353 g/mol. The van der Waals surface area contributed by atoms with Gasteiger partial charge in [-0.05, 0) is 54.7 Å². The van der Waals surface area contributed by atoms with Crippen molar-refractivity contribution in [1.29, 1.82) is 0 Å². The largest absolute Gasteiger partial charge is 0.496 e. The SMILES string of the molecule is COc1cc(OC)c(OC)cc1/C=C/C(=O)Nc1ccc2c(c1)CCC2. The van der Waals surface area contributed by atoms with E-state index in [1.807, 2.05) is 6.07 Å². The first-order chi connectivity index (χ1) is 12.6. The first-order valence-corrected chi connectivity index (χ1v) is 8.55. The van der Waals surface area contributed by atoms with Gasteiger partial charge in [0.2, 0.25) is 5.91 Å². The van der Waals surface area contributed by atoms with Crippen LogP contribution < -0.4 is 19.5 Å². The van der Waals surface area contributed by atoms with E-state index in [4.69, 9.17) is 14.2 Å². The minimum atomic E-state index is -0.195. The summed E-state index contributed by atoms with van der Waals surface area (Å²) in [5, 5.41) is 2.91. The summed E-state index contributed by atoms with van der Waals surface area (Å²) in [7, 11) is 4.71.